The summed E-state index contributed by atoms with van der Waals surface area (Å²) in [5.41, 5.74) is 3.38. The van der Waals surface area contributed by atoms with Crippen LogP contribution in [0.4, 0.5) is 0 Å². The summed E-state index contributed by atoms with van der Waals surface area (Å²) in [4.78, 5) is 11.4. The van der Waals surface area contributed by atoms with Crippen LogP contribution in [0.25, 0.3) is 5.52 Å². The first-order valence-electron chi connectivity index (χ1n) is 6.25. The number of aryl methyl sites for hydroxylation is 2. The van der Waals surface area contributed by atoms with Gasteiger partial charge < -0.3 is 4.74 Å². The molecule has 0 aromatic carbocycles. The lowest BCUT2D eigenvalue weighted by atomic mass is 10.1. The maximum atomic E-state index is 11.4. The van der Waals surface area contributed by atoms with E-state index in [1.807, 2.05) is 26.1 Å². The standard InChI is InChI=1S/C14H15N3O2S/c1-4-19-12(18)8-20-14-11(6-15)13-10(3)5-9(2)7-17(13)16-14/h5,7H,4,8H2,1-3H3. The van der Waals surface area contributed by atoms with E-state index in [0.29, 0.717) is 17.2 Å². The minimum absolute atomic E-state index is 0.157. The predicted octanol–water partition coefficient (Wildman–Crippen LogP) is 2.48. The van der Waals surface area contributed by atoms with Crippen molar-refractivity contribution in [1.29, 1.82) is 5.26 Å². The highest BCUT2D eigenvalue weighted by molar-refractivity contribution is 7.99. The number of rotatable bonds is 4. The molecule has 2 aromatic rings. The van der Waals surface area contributed by atoms with Crippen molar-refractivity contribution in [3.8, 4) is 6.07 Å². The van der Waals surface area contributed by atoms with Crippen LogP contribution >= 0.6 is 11.8 Å². The lowest BCUT2D eigenvalue weighted by molar-refractivity contribution is -0.139. The van der Waals surface area contributed by atoms with Crippen LogP contribution in [0.3, 0.4) is 0 Å². The molecule has 0 atom stereocenters. The Kier molecular flexibility index (Phi) is 4.30. The van der Waals surface area contributed by atoms with Crippen LogP contribution in [-0.2, 0) is 9.53 Å². The number of thioether (sulfide) groups is 1. The molecule has 0 N–H and O–H groups in total. The average molecular weight is 289 g/mol. The molecule has 0 radical (unpaired) electrons. The second-order valence-corrected chi connectivity index (χ2v) is 5.34. The summed E-state index contributed by atoms with van der Waals surface area (Å²) < 4.78 is 6.58. The van der Waals surface area contributed by atoms with Gasteiger partial charge in [-0.15, -0.1) is 0 Å². The molecule has 2 heterocycles. The Balaban J connectivity index is 2.37. The second-order valence-electron chi connectivity index (χ2n) is 4.38. The number of ether oxygens (including phenoxy) is 1. The van der Waals surface area contributed by atoms with Crippen LogP contribution in [0.15, 0.2) is 17.3 Å². The van der Waals surface area contributed by atoms with Gasteiger partial charge >= 0.3 is 5.97 Å². The van der Waals surface area contributed by atoms with E-state index in [0.717, 1.165) is 16.6 Å². The third-order valence-corrected chi connectivity index (χ3v) is 3.71. The molecule has 2 aromatic heterocycles. The number of nitriles is 1. The van der Waals surface area contributed by atoms with Gasteiger partial charge in [0.25, 0.3) is 0 Å². The molecule has 0 saturated heterocycles. The van der Waals surface area contributed by atoms with Gasteiger partial charge in [-0.1, -0.05) is 17.8 Å². The summed E-state index contributed by atoms with van der Waals surface area (Å²) in [7, 11) is 0. The molecule has 0 aliphatic rings. The molecule has 0 bridgehead atoms. The van der Waals surface area contributed by atoms with Crippen LogP contribution in [0, 0.1) is 25.2 Å². The van der Waals surface area contributed by atoms with Crippen molar-refractivity contribution in [2.24, 2.45) is 0 Å². The number of fused-ring (bicyclic) bond motifs is 1. The Morgan fingerprint density at radius 2 is 2.30 bits per heavy atom. The number of carbonyl (C=O) groups excluding carboxylic acids is 1. The minimum atomic E-state index is -0.300. The summed E-state index contributed by atoms with van der Waals surface area (Å²) >= 11 is 1.23. The fraction of sp³-hybridized carbons (Fsp3) is 0.357. The normalized spacial score (nSPS) is 10.5. The monoisotopic (exact) mass is 289 g/mol. The Morgan fingerprint density at radius 1 is 1.55 bits per heavy atom. The van der Waals surface area contributed by atoms with Crippen molar-refractivity contribution in [2.45, 2.75) is 25.8 Å². The van der Waals surface area contributed by atoms with E-state index in [2.05, 4.69) is 11.2 Å². The molecule has 0 aliphatic carbocycles. The number of carbonyl (C=O) groups is 1. The molecule has 0 unspecified atom stereocenters. The second kappa shape index (κ2) is 5.97. The van der Waals surface area contributed by atoms with Crippen LogP contribution in [-0.4, -0.2) is 27.9 Å². The number of aromatic nitrogens is 2. The number of nitrogens with zero attached hydrogens (tertiary/aromatic N) is 3. The predicted molar refractivity (Wildman–Crippen MR) is 76.7 cm³/mol. The van der Waals surface area contributed by atoms with Crippen molar-refractivity contribution >= 4 is 23.2 Å². The minimum Gasteiger partial charge on any atom is -0.465 e. The molecule has 20 heavy (non-hydrogen) atoms. The molecule has 0 aliphatic heterocycles. The van der Waals surface area contributed by atoms with Crippen molar-refractivity contribution in [1.82, 2.24) is 9.61 Å². The molecule has 0 saturated carbocycles. The molecular formula is C14H15N3O2S. The summed E-state index contributed by atoms with van der Waals surface area (Å²) in [6.07, 6.45) is 1.87. The lowest BCUT2D eigenvalue weighted by Gasteiger charge is -2.00. The lowest BCUT2D eigenvalue weighted by Crippen LogP contribution is -2.06. The molecule has 5 nitrogen and oxygen atoms in total. The zero-order valence-corrected chi connectivity index (χ0v) is 12.5. The SMILES string of the molecule is CCOC(=O)CSc1nn2cc(C)cc(C)c2c1C#N. The van der Waals surface area contributed by atoms with Gasteiger partial charge in [-0.25, -0.2) is 4.52 Å². The molecule has 0 amide bonds. The van der Waals surface area contributed by atoms with Gasteiger partial charge in [0.2, 0.25) is 0 Å². The topological polar surface area (TPSA) is 67.4 Å². The third kappa shape index (κ3) is 2.78. The van der Waals surface area contributed by atoms with E-state index >= 15 is 0 Å². The zero-order valence-electron chi connectivity index (χ0n) is 11.6. The van der Waals surface area contributed by atoms with Crippen molar-refractivity contribution in [3.63, 3.8) is 0 Å². The van der Waals surface area contributed by atoms with Gasteiger partial charge in [-0.3, -0.25) is 4.79 Å². The maximum Gasteiger partial charge on any atom is 0.316 e. The molecule has 0 fully saturated rings. The van der Waals surface area contributed by atoms with E-state index in [4.69, 9.17) is 4.74 Å². The van der Waals surface area contributed by atoms with Gasteiger partial charge in [0.1, 0.15) is 16.7 Å². The van der Waals surface area contributed by atoms with Crippen molar-refractivity contribution in [2.75, 3.05) is 12.4 Å². The largest absolute Gasteiger partial charge is 0.465 e. The van der Waals surface area contributed by atoms with E-state index in [9.17, 15) is 10.1 Å². The summed E-state index contributed by atoms with van der Waals surface area (Å²) in [5, 5.41) is 14.3. The Morgan fingerprint density at radius 3 is 2.95 bits per heavy atom. The summed E-state index contributed by atoms with van der Waals surface area (Å²) in [5.74, 6) is -0.143. The summed E-state index contributed by atoms with van der Waals surface area (Å²) in [6, 6.07) is 4.19. The molecule has 0 spiro atoms. The van der Waals surface area contributed by atoms with Gasteiger partial charge in [-0.2, -0.15) is 10.4 Å². The quantitative estimate of drug-likeness (QED) is 0.639. The first kappa shape index (κ1) is 14.4. The van der Waals surface area contributed by atoms with Crippen LogP contribution in [0.1, 0.15) is 23.6 Å². The first-order chi connectivity index (χ1) is 9.56. The third-order valence-electron chi connectivity index (χ3n) is 2.77. The molecular weight excluding hydrogens is 274 g/mol. The fourth-order valence-electron chi connectivity index (χ4n) is 2.06. The fourth-order valence-corrected chi connectivity index (χ4v) is 2.83. The van der Waals surface area contributed by atoms with Gasteiger partial charge in [-0.05, 0) is 31.9 Å². The Hall–Kier alpha value is -2.00. The van der Waals surface area contributed by atoms with E-state index < -0.39 is 0 Å². The molecule has 2 rings (SSSR count). The molecule has 104 valence electrons. The van der Waals surface area contributed by atoms with E-state index in [1.54, 1.807) is 11.4 Å². The highest BCUT2D eigenvalue weighted by Gasteiger charge is 2.16. The van der Waals surface area contributed by atoms with Crippen molar-refractivity contribution in [3.05, 3.63) is 29.0 Å². The zero-order chi connectivity index (χ0) is 14.7. The first-order valence-corrected chi connectivity index (χ1v) is 7.23. The van der Waals surface area contributed by atoms with Gasteiger partial charge in [0.05, 0.1) is 17.9 Å². The van der Waals surface area contributed by atoms with Crippen molar-refractivity contribution < 1.29 is 9.53 Å². The maximum absolute atomic E-state index is 11.4. The highest BCUT2D eigenvalue weighted by Crippen LogP contribution is 2.27. The Bertz CT molecular complexity index is 700. The van der Waals surface area contributed by atoms with Crippen LogP contribution in [0.2, 0.25) is 0 Å². The Labute approximate surface area is 121 Å². The van der Waals surface area contributed by atoms with Crippen LogP contribution < -0.4 is 0 Å². The van der Waals surface area contributed by atoms with Gasteiger partial charge in [0.15, 0.2) is 0 Å². The number of esters is 1. The number of hydrogen-bond donors (Lipinski definition) is 0. The summed E-state index contributed by atoms with van der Waals surface area (Å²) in [6.45, 7) is 6.05. The average Bonchev–Trinajstić information content (AvgIpc) is 2.74. The smallest absolute Gasteiger partial charge is 0.316 e. The van der Waals surface area contributed by atoms with Crippen LogP contribution in [0.5, 0.6) is 0 Å². The van der Waals surface area contributed by atoms with E-state index in [1.165, 1.54) is 11.8 Å². The number of hydrogen-bond acceptors (Lipinski definition) is 5. The van der Waals surface area contributed by atoms with E-state index in [-0.39, 0.29) is 11.7 Å². The van der Waals surface area contributed by atoms with Gasteiger partial charge in [0, 0.05) is 6.20 Å². The molecule has 6 heteroatoms. The highest BCUT2D eigenvalue weighted by atomic mass is 32.2. The number of pyridine rings is 1.